The van der Waals surface area contributed by atoms with Crippen LogP contribution in [-0.2, 0) is 38.6 Å². The molecule has 0 unspecified atom stereocenters. The Kier molecular flexibility index (Phi) is 11.2. The highest BCUT2D eigenvalue weighted by Gasteiger charge is 2.58. The number of rotatable bonds is 15. The number of carbonyl (C=O) groups is 3. The second-order valence-electron chi connectivity index (χ2n) is 9.98. The summed E-state index contributed by atoms with van der Waals surface area (Å²) in [5.41, 5.74) is 9.23. The van der Waals surface area contributed by atoms with Crippen molar-refractivity contribution < 1.29 is 55.1 Å². The summed E-state index contributed by atoms with van der Waals surface area (Å²) in [4.78, 5) is 50.7. The van der Waals surface area contributed by atoms with Gasteiger partial charge in [-0.2, -0.15) is 13.5 Å². The third-order valence-electron chi connectivity index (χ3n) is 6.21. The van der Waals surface area contributed by atoms with Gasteiger partial charge in [0.2, 0.25) is 0 Å². The fourth-order valence-corrected chi connectivity index (χ4v) is 4.78. The summed E-state index contributed by atoms with van der Waals surface area (Å²) in [5, 5.41) is 19.8. The lowest BCUT2D eigenvalue weighted by Crippen LogP contribution is -2.76. The Labute approximate surface area is 264 Å². The summed E-state index contributed by atoms with van der Waals surface area (Å²) in [6, 6.07) is -1.37. The molecule has 3 rings (SSSR count). The standard InChI is InChI=1S/C24H30F2N8O10S2/c1-23(2)18(20(36)34(23)44-46(39,40)41)32-19(35)17(15-9-45-22(28)31-15)33-43-16(21(37)38)8-42-13-4-5-14(29-3)12(6-13)7-30-11-24(25,26)10-27/h4-7,9,16,18,30H,8,10-11,27H2,1-3H3,(H2,28,31)(H,32,35)(H,37,38)(H,39,40,41)/b12-7-,29-14+,33-17-/t16-,18+/m0/s1. The van der Waals surface area contributed by atoms with E-state index in [4.69, 9.17) is 25.6 Å². The molecule has 1 aromatic heterocycles. The third kappa shape index (κ3) is 9.03. The van der Waals surface area contributed by atoms with E-state index in [1.54, 1.807) is 0 Å². The Bertz CT molecular complexity index is 1620. The van der Waals surface area contributed by atoms with E-state index in [0.29, 0.717) is 16.3 Å². The Hall–Kier alpha value is -4.51. The molecule has 2 heterocycles. The van der Waals surface area contributed by atoms with E-state index in [1.165, 1.54) is 50.7 Å². The molecule has 8 N–H and O–H groups in total. The minimum absolute atomic E-state index is 0.0116. The van der Waals surface area contributed by atoms with Crippen molar-refractivity contribution >= 4 is 56.1 Å². The molecule has 22 heteroatoms. The van der Waals surface area contributed by atoms with Gasteiger partial charge in [-0.05, 0) is 32.1 Å². The van der Waals surface area contributed by atoms with Gasteiger partial charge in [-0.25, -0.2) is 18.6 Å². The average Bonchev–Trinajstić information content (AvgIpc) is 3.41. The number of thiazole rings is 1. The molecule has 1 aromatic rings. The zero-order valence-electron chi connectivity index (χ0n) is 24.3. The van der Waals surface area contributed by atoms with Crippen LogP contribution in [0.1, 0.15) is 19.5 Å². The Morgan fingerprint density at radius 1 is 1.35 bits per heavy atom. The van der Waals surface area contributed by atoms with Crippen LogP contribution in [0.5, 0.6) is 0 Å². The number of ether oxygens (including phenoxy) is 1. The maximum Gasteiger partial charge on any atom is 0.418 e. The molecular weight excluding hydrogens is 662 g/mol. The van der Waals surface area contributed by atoms with Crippen LogP contribution in [0, 0.1) is 0 Å². The summed E-state index contributed by atoms with van der Waals surface area (Å²) in [7, 11) is -3.57. The van der Waals surface area contributed by atoms with Crippen LogP contribution in [-0.4, -0.2) is 108 Å². The van der Waals surface area contributed by atoms with Crippen LogP contribution in [0.2, 0.25) is 0 Å². The molecular formula is C24H30F2N8O10S2. The fourth-order valence-electron chi connectivity index (χ4n) is 3.78. The van der Waals surface area contributed by atoms with Crippen molar-refractivity contribution in [2.45, 2.75) is 37.5 Å². The number of alkyl halides is 2. The SMILES string of the molecule is C/N=C1\C=CC(OC[C@H](O/N=C(\C(=O)N[C@@H]2C(=O)N(OS(=O)(=O)O)C2(C)C)c2csc(N)n2)C(=O)O)=C\C1=C\NCC(F)(F)CN. The quantitative estimate of drug-likeness (QED) is 0.0577. The molecule has 252 valence electrons. The van der Waals surface area contributed by atoms with Crippen molar-refractivity contribution in [1.82, 2.24) is 20.7 Å². The number of hydroxylamine groups is 2. The van der Waals surface area contributed by atoms with Gasteiger partial charge in [0.05, 0.1) is 24.3 Å². The van der Waals surface area contributed by atoms with E-state index in [1.807, 2.05) is 0 Å². The van der Waals surface area contributed by atoms with Crippen molar-refractivity contribution in [3.63, 3.8) is 0 Å². The van der Waals surface area contributed by atoms with Gasteiger partial charge in [-0.3, -0.25) is 19.1 Å². The van der Waals surface area contributed by atoms with Gasteiger partial charge >= 0.3 is 16.4 Å². The van der Waals surface area contributed by atoms with E-state index < -0.39 is 77.2 Å². The van der Waals surface area contributed by atoms with E-state index in [0.717, 1.165) is 11.3 Å². The van der Waals surface area contributed by atoms with Crippen LogP contribution < -0.4 is 22.1 Å². The molecule has 2 atom stereocenters. The summed E-state index contributed by atoms with van der Waals surface area (Å²) in [6.07, 6.45) is 3.81. The minimum Gasteiger partial charge on any atom is -0.489 e. The maximum absolute atomic E-state index is 13.5. The molecule has 0 aromatic carbocycles. The Morgan fingerprint density at radius 3 is 2.59 bits per heavy atom. The Morgan fingerprint density at radius 2 is 2.04 bits per heavy atom. The predicted octanol–water partition coefficient (Wildman–Crippen LogP) is -0.652. The van der Waals surface area contributed by atoms with Crippen LogP contribution in [0.4, 0.5) is 13.9 Å². The minimum atomic E-state index is -5.05. The Balaban J connectivity index is 1.76. The molecule has 0 spiro atoms. The molecule has 0 bridgehead atoms. The molecule has 1 saturated heterocycles. The lowest BCUT2D eigenvalue weighted by atomic mass is 9.84. The highest BCUT2D eigenvalue weighted by molar-refractivity contribution is 7.80. The number of nitrogens with two attached hydrogens (primary N) is 2. The van der Waals surface area contributed by atoms with Crippen LogP contribution in [0.25, 0.3) is 0 Å². The van der Waals surface area contributed by atoms with Gasteiger partial charge < -0.3 is 36.8 Å². The number of hydrogen-bond acceptors (Lipinski definition) is 15. The summed E-state index contributed by atoms with van der Waals surface area (Å²) in [6.45, 7) is 0.401. The number of allylic oxidation sites excluding steroid dienone is 4. The van der Waals surface area contributed by atoms with Gasteiger partial charge in [0, 0.05) is 24.2 Å². The van der Waals surface area contributed by atoms with E-state index in [2.05, 4.69) is 30.0 Å². The number of oxime groups is 1. The number of nitrogens with zero attached hydrogens (tertiary/aromatic N) is 4. The van der Waals surface area contributed by atoms with Crippen molar-refractivity contribution in [2.24, 2.45) is 15.9 Å². The van der Waals surface area contributed by atoms with Crippen molar-refractivity contribution in [1.29, 1.82) is 0 Å². The van der Waals surface area contributed by atoms with E-state index >= 15 is 0 Å². The highest BCUT2D eigenvalue weighted by atomic mass is 32.3. The van der Waals surface area contributed by atoms with Crippen molar-refractivity contribution in [3.8, 4) is 0 Å². The normalized spacial score (nSPS) is 20.6. The first kappa shape index (κ1) is 36.0. The first-order chi connectivity index (χ1) is 21.4. The number of carbonyl (C=O) groups excluding carboxylic acids is 2. The molecule has 1 aliphatic carbocycles. The largest absolute Gasteiger partial charge is 0.489 e. The van der Waals surface area contributed by atoms with Gasteiger partial charge in [0.15, 0.2) is 10.8 Å². The molecule has 18 nitrogen and oxygen atoms in total. The number of aliphatic carboxylic acids is 1. The fraction of sp³-hybridized carbons (Fsp3) is 0.417. The second kappa shape index (κ2) is 14.3. The van der Waals surface area contributed by atoms with Crippen molar-refractivity contribution in [3.05, 3.63) is 46.8 Å². The summed E-state index contributed by atoms with van der Waals surface area (Å²) >= 11 is 0.912. The lowest BCUT2D eigenvalue weighted by Gasteiger charge is -2.50. The third-order valence-corrected chi connectivity index (χ3v) is 7.22. The van der Waals surface area contributed by atoms with Gasteiger partial charge in [-0.15, -0.1) is 15.6 Å². The summed E-state index contributed by atoms with van der Waals surface area (Å²) < 4.78 is 67.8. The second-order valence-corrected chi connectivity index (χ2v) is 11.9. The number of nitrogens with one attached hydrogen (secondary N) is 2. The van der Waals surface area contributed by atoms with Crippen LogP contribution in [0.15, 0.2) is 51.3 Å². The molecule has 1 fully saturated rings. The average molecular weight is 693 g/mol. The maximum atomic E-state index is 13.5. The number of carboxylic acids is 1. The predicted molar refractivity (Wildman–Crippen MR) is 158 cm³/mol. The first-order valence-electron chi connectivity index (χ1n) is 12.9. The smallest absolute Gasteiger partial charge is 0.418 e. The number of anilines is 1. The monoisotopic (exact) mass is 692 g/mol. The molecule has 2 aliphatic rings. The molecule has 1 aliphatic heterocycles. The number of hydrogen-bond donors (Lipinski definition) is 6. The molecule has 2 amide bonds. The van der Waals surface area contributed by atoms with Crippen molar-refractivity contribution in [2.75, 3.05) is 32.5 Å². The molecule has 0 radical (unpaired) electrons. The van der Waals surface area contributed by atoms with E-state index in [-0.39, 0.29) is 16.6 Å². The number of halogens is 2. The number of nitrogen functional groups attached to an aromatic ring is 1. The van der Waals surface area contributed by atoms with Gasteiger partial charge in [0.1, 0.15) is 24.1 Å². The number of amides is 2. The van der Waals surface area contributed by atoms with Gasteiger partial charge in [0.25, 0.3) is 23.8 Å². The number of carboxylic acid groups (broad SMARTS) is 1. The van der Waals surface area contributed by atoms with Crippen LogP contribution in [0.3, 0.4) is 0 Å². The molecule has 0 saturated carbocycles. The molecule has 46 heavy (non-hydrogen) atoms. The number of β-lactam (4-membered cyclic amide) rings is 1. The van der Waals surface area contributed by atoms with Gasteiger partial charge in [-0.1, -0.05) is 5.16 Å². The number of aromatic nitrogens is 1. The highest BCUT2D eigenvalue weighted by Crippen LogP contribution is 2.33. The number of aliphatic imine (C=N–C) groups is 1. The van der Waals surface area contributed by atoms with E-state index in [9.17, 15) is 36.7 Å². The first-order valence-corrected chi connectivity index (χ1v) is 15.1. The summed E-state index contributed by atoms with van der Waals surface area (Å²) in [5.74, 6) is -6.71. The zero-order valence-corrected chi connectivity index (χ0v) is 26.0. The topological polar surface area (TPSA) is 270 Å². The lowest BCUT2D eigenvalue weighted by molar-refractivity contribution is -0.218. The van der Waals surface area contributed by atoms with Crippen LogP contribution >= 0.6 is 11.3 Å². The zero-order chi connectivity index (χ0) is 34.4.